The van der Waals surface area contributed by atoms with E-state index < -0.39 is 42.0 Å². The van der Waals surface area contributed by atoms with Crippen molar-refractivity contribution < 1.29 is 31.1 Å². The number of rotatable bonds is 4. The van der Waals surface area contributed by atoms with Crippen LogP contribution in [0.4, 0.5) is 32.0 Å². The number of alkyl halides is 6. The number of nitrogens with zero attached hydrogens (tertiary/aromatic N) is 2. The molecule has 0 radical (unpaired) electrons. The van der Waals surface area contributed by atoms with Crippen molar-refractivity contribution in [2.24, 2.45) is 0 Å². The lowest BCUT2D eigenvalue weighted by Crippen LogP contribution is -2.44. The molecule has 0 bridgehead atoms. The Morgan fingerprint density at radius 1 is 1.29 bits per heavy atom. The number of benzene rings is 1. The van der Waals surface area contributed by atoms with Gasteiger partial charge in [-0.1, -0.05) is 0 Å². The summed E-state index contributed by atoms with van der Waals surface area (Å²) in [7, 11) is 1.07. The zero-order chi connectivity index (χ0) is 18.7. The topological polar surface area (TPSA) is 56.1 Å². The quantitative estimate of drug-likeness (QED) is 0.844. The molecular weight excluding hydrogens is 340 g/mol. The fraction of sp³-hybridized carbons (Fsp3) is 0.429. The van der Waals surface area contributed by atoms with Gasteiger partial charge in [-0.3, -0.25) is 9.69 Å². The molecule has 10 heteroatoms. The van der Waals surface area contributed by atoms with Crippen LogP contribution in [-0.2, 0) is 11.0 Å². The Labute approximate surface area is 133 Å². The molecule has 0 saturated heterocycles. The van der Waals surface area contributed by atoms with Crippen molar-refractivity contribution in [3.8, 4) is 6.07 Å². The molecule has 4 nitrogen and oxygen atoms in total. The maximum absolute atomic E-state index is 12.8. The summed E-state index contributed by atoms with van der Waals surface area (Å²) in [5.41, 5.74) is -2.12. The van der Waals surface area contributed by atoms with Gasteiger partial charge in [0.25, 0.3) is 0 Å². The number of carbonyl (C=O) groups is 1. The van der Waals surface area contributed by atoms with Gasteiger partial charge in [0.15, 0.2) is 0 Å². The summed E-state index contributed by atoms with van der Waals surface area (Å²) in [5, 5.41) is 10.8. The minimum atomic E-state index is -4.80. The zero-order valence-corrected chi connectivity index (χ0v) is 12.6. The molecule has 24 heavy (non-hydrogen) atoms. The van der Waals surface area contributed by atoms with E-state index in [0.29, 0.717) is 11.0 Å². The standard InChI is InChI=1S/C14H13F6N3O/c1-8(23(2)7-13(15,16)17)12(24)22-10-4-3-9(6-21)11(5-10)14(18,19)20/h3-5,8H,7H2,1-2H3,(H,22,24)/t8-/m0/s1. The van der Waals surface area contributed by atoms with Crippen LogP contribution in [0.25, 0.3) is 0 Å². The third-order valence-electron chi connectivity index (χ3n) is 3.18. The molecule has 132 valence electrons. The summed E-state index contributed by atoms with van der Waals surface area (Å²) in [6.45, 7) is -0.155. The second kappa shape index (κ2) is 7.09. The fourth-order valence-corrected chi connectivity index (χ4v) is 1.82. The van der Waals surface area contributed by atoms with E-state index >= 15 is 0 Å². The van der Waals surface area contributed by atoms with Crippen LogP contribution in [0.5, 0.6) is 0 Å². The number of amides is 1. The fourth-order valence-electron chi connectivity index (χ4n) is 1.82. The van der Waals surface area contributed by atoms with Crippen LogP contribution in [0, 0.1) is 11.3 Å². The highest BCUT2D eigenvalue weighted by Gasteiger charge is 2.35. The Hall–Kier alpha value is -2.28. The van der Waals surface area contributed by atoms with Crippen LogP contribution in [0.1, 0.15) is 18.1 Å². The summed E-state index contributed by atoms with van der Waals surface area (Å²) in [6.07, 6.45) is -9.31. The second-order valence-electron chi connectivity index (χ2n) is 5.07. The van der Waals surface area contributed by atoms with Gasteiger partial charge in [-0.05, 0) is 32.2 Å². The van der Waals surface area contributed by atoms with E-state index in [1.807, 2.05) is 0 Å². The average molecular weight is 353 g/mol. The summed E-state index contributed by atoms with van der Waals surface area (Å²) >= 11 is 0. The van der Waals surface area contributed by atoms with Gasteiger partial charge in [0, 0.05) is 5.69 Å². The van der Waals surface area contributed by atoms with Crippen LogP contribution >= 0.6 is 0 Å². The van der Waals surface area contributed by atoms with Gasteiger partial charge in [0.1, 0.15) is 0 Å². The number of halogens is 6. The molecule has 0 aromatic heterocycles. The van der Waals surface area contributed by atoms with Crippen molar-refractivity contribution in [1.82, 2.24) is 4.90 Å². The Balaban J connectivity index is 2.93. The van der Waals surface area contributed by atoms with E-state index in [0.717, 1.165) is 19.2 Å². The number of carbonyl (C=O) groups excluding carboxylic acids is 1. The van der Waals surface area contributed by atoms with Crippen LogP contribution in [-0.4, -0.2) is 36.6 Å². The number of hydrogen-bond acceptors (Lipinski definition) is 3. The number of anilines is 1. The molecule has 0 heterocycles. The first-order valence-electron chi connectivity index (χ1n) is 6.54. The minimum Gasteiger partial charge on any atom is -0.325 e. The van der Waals surface area contributed by atoms with Crippen LogP contribution in [0.15, 0.2) is 18.2 Å². The number of nitrogens with one attached hydrogen (secondary N) is 1. The third kappa shape index (κ3) is 5.42. The van der Waals surface area contributed by atoms with Gasteiger partial charge in [0.2, 0.25) is 5.91 Å². The van der Waals surface area contributed by atoms with Gasteiger partial charge in [-0.15, -0.1) is 0 Å². The predicted molar refractivity (Wildman–Crippen MR) is 72.9 cm³/mol. The van der Waals surface area contributed by atoms with Crippen LogP contribution in [0.2, 0.25) is 0 Å². The molecule has 0 aliphatic carbocycles. The van der Waals surface area contributed by atoms with Gasteiger partial charge in [-0.25, -0.2) is 0 Å². The maximum Gasteiger partial charge on any atom is 0.417 e. The molecule has 0 aliphatic rings. The summed E-state index contributed by atoms with van der Waals surface area (Å²) in [6, 6.07) is 2.67. The molecule has 0 fully saturated rings. The van der Waals surface area contributed by atoms with Crippen molar-refractivity contribution in [2.75, 3.05) is 18.9 Å². The predicted octanol–water partition coefficient (Wildman–Crippen LogP) is 3.40. The largest absolute Gasteiger partial charge is 0.417 e. The molecule has 1 atom stereocenters. The van der Waals surface area contributed by atoms with E-state index in [4.69, 9.17) is 5.26 Å². The molecule has 1 aromatic rings. The van der Waals surface area contributed by atoms with Crippen molar-refractivity contribution in [3.63, 3.8) is 0 Å². The van der Waals surface area contributed by atoms with E-state index in [1.165, 1.54) is 13.0 Å². The van der Waals surface area contributed by atoms with Crippen LogP contribution in [0.3, 0.4) is 0 Å². The number of hydrogen-bond donors (Lipinski definition) is 1. The van der Waals surface area contributed by atoms with Gasteiger partial charge in [-0.2, -0.15) is 31.6 Å². The van der Waals surface area contributed by atoms with Crippen molar-refractivity contribution in [3.05, 3.63) is 29.3 Å². The summed E-state index contributed by atoms with van der Waals surface area (Å²) < 4.78 is 75.4. The lowest BCUT2D eigenvalue weighted by atomic mass is 10.1. The number of likely N-dealkylation sites (N-methyl/N-ethyl adjacent to an activating group) is 1. The molecule has 0 unspecified atom stereocenters. The molecule has 1 N–H and O–H groups in total. The van der Waals surface area contributed by atoms with E-state index in [2.05, 4.69) is 5.32 Å². The van der Waals surface area contributed by atoms with E-state index in [-0.39, 0.29) is 5.69 Å². The van der Waals surface area contributed by atoms with Gasteiger partial charge < -0.3 is 5.32 Å². The van der Waals surface area contributed by atoms with Crippen molar-refractivity contribution in [2.45, 2.75) is 25.3 Å². The lowest BCUT2D eigenvalue weighted by molar-refractivity contribution is -0.149. The Morgan fingerprint density at radius 2 is 1.88 bits per heavy atom. The zero-order valence-electron chi connectivity index (χ0n) is 12.6. The Bertz CT molecular complexity index is 647. The van der Waals surface area contributed by atoms with E-state index in [9.17, 15) is 31.1 Å². The highest BCUT2D eigenvalue weighted by atomic mass is 19.4. The minimum absolute atomic E-state index is 0.265. The van der Waals surface area contributed by atoms with Gasteiger partial charge in [0.05, 0.1) is 29.8 Å². The summed E-state index contributed by atoms with van der Waals surface area (Å²) in [5.74, 6) is -0.903. The summed E-state index contributed by atoms with van der Waals surface area (Å²) in [4.78, 5) is 12.6. The smallest absolute Gasteiger partial charge is 0.325 e. The third-order valence-corrected chi connectivity index (χ3v) is 3.18. The monoisotopic (exact) mass is 353 g/mol. The molecule has 0 spiro atoms. The highest BCUT2D eigenvalue weighted by Crippen LogP contribution is 2.33. The highest BCUT2D eigenvalue weighted by molar-refractivity contribution is 5.94. The van der Waals surface area contributed by atoms with Crippen molar-refractivity contribution in [1.29, 1.82) is 5.26 Å². The molecule has 1 rings (SSSR count). The first-order chi connectivity index (χ1) is 10.8. The molecule has 0 saturated carbocycles. The molecular formula is C14H13F6N3O. The first kappa shape index (κ1) is 19.8. The molecule has 1 aromatic carbocycles. The SMILES string of the molecule is C[C@@H](C(=O)Nc1ccc(C#N)c(C(F)(F)F)c1)N(C)CC(F)(F)F. The lowest BCUT2D eigenvalue weighted by Gasteiger charge is -2.25. The van der Waals surface area contributed by atoms with Gasteiger partial charge >= 0.3 is 12.4 Å². The Kier molecular flexibility index (Phi) is 5.84. The first-order valence-corrected chi connectivity index (χ1v) is 6.54. The van der Waals surface area contributed by atoms with E-state index in [1.54, 1.807) is 0 Å². The number of nitriles is 1. The molecule has 0 aliphatic heterocycles. The second-order valence-corrected chi connectivity index (χ2v) is 5.07. The normalized spacial score (nSPS) is 13.5. The van der Waals surface area contributed by atoms with Crippen LogP contribution < -0.4 is 5.32 Å². The average Bonchev–Trinajstić information content (AvgIpc) is 2.43. The maximum atomic E-state index is 12.8. The Morgan fingerprint density at radius 3 is 2.33 bits per heavy atom. The van der Waals surface area contributed by atoms with Crippen molar-refractivity contribution >= 4 is 11.6 Å². The molecule has 1 amide bonds.